The fourth-order valence-corrected chi connectivity index (χ4v) is 2.53. The van der Waals surface area contributed by atoms with Gasteiger partial charge < -0.3 is 0 Å². The van der Waals surface area contributed by atoms with E-state index in [-0.39, 0.29) is 23.3 Å². The van der Waals surface area contributed by atoms with Crippen LogP contribution >= 0.6 is 35.4 Å². The van der Waals surface area contributed by atoms with Crippen LogP contribution in [-0.2, 0) is 9.59 Å². The average molecular weight is 317 g/mol. The molecule has 1 heterocycles. The summed E-state index contributed by atoms with van der Waals surface area (Å²) in [6.45, 7) is 1.72. The molecule has 0 atom stereocenters. The van der Waals surface area contributed by atoms with E-state index in [1.807, 2.05) is 0 Å². The zero-order valence-corrected chi connectivity index (χ0v) is 12.3. The Morgan fingerprint density at radius 3 is 2.58 bits per heavy atom. The van der Waals surface area contributed by atoms with E-state index in [1.165, 1.54) is 16.7 Å². The first-order chi connectivity index (χ1) is 8.91. The van der Waals surface area contributed by atoms with Gasteiger partial charge in [0.05, 0.1) is 15.7 Å². The number of thiocarbonyl (C=S) groups is 1. The molecule has 0 radical (unpaired) electrons. The molecule has 1 fully saturated rings. The lowest BCUT2D eigenvalue weighted by Crippen LogP contribution is -2.53. The van der Waals surface area contributed by atoms with Crippen molar-refractivity contribution in [3.63, 3.8) is 0 Å². The first-order valence-corrected chi connectivity index (χ1v) is 6.68. The van der Waals surface area contributed by atoms with E-state index in [4.69, 9.17) is 35.4 Å². The Balaban J connectivity index is 2.40. The number of amides is 2. The van der Waals surface area contributed by atoms with Crippen molar-refractivity contribution < 1.29 is 9.59 Å². The lowest BCUT2D eigenvalue weighted by molar-refractivity contribution is -0.126. The normalized spacial score (nSPS) is 15.9. The molecule has 1 saturated heterocycles. The first kappa shape index (κ1) is 14.2. The third-order valence-electron chi connectivity index (χ3n) is 2.76. The van der Waals surface area contributed by atoms with Crippen molar-refractivity contribution in [1.82, 2.24) is 4.90 Å². The molecule has 1 aliphatic rings. The molecule has 2 rings (SSSR count). The van der Waals surface area contributed by atoms with Gasteiger partial charge in [-0.05, 0) is 30.4 Å². The van der Waals surface area contributed by atoms with Gasteiger partial charge in [0.15, 0.2) is 5.11 Å². The summed E-state index contributed by atoms with van der Waals surface area (Å²) >= 11 is 17.0. The minimum Gasteiger partial charge on any atom is -0.288 e. The molecule has 4 nitrogen and oxygen atoms in total. The summed E-state index contributed by atoms with van der Waals surface area (Å²) in [5.74, 6) is -0.358. The van der Waals surface area contributed by atoms with Crippen molar-refractivity contribution in [1.29, 1.82) is 0 Å². The first-order valence-electron chi connectivity index (χ1n) is 5.52. The SMILES string of the molecule is CC(=O)N1CCC(=O)N(c2ccc(Cl)c(Cl)c2)C1=S. The molecule has 0 N–H and O–H groups in total. The van der Waals surface area contributed by atoms with Gasteiger partial charge in [-0.3, -0.25) is 19.4 Å². The molecule has 0 aromatic heterocycles. The maximum Gasteiger partial charge on any atom is 0.235 e. The van der Waals surface area contributed by atoms with Crippen LogP contribution in [0.15, 0.2) is 18.2 Å². The van der Waals surface area contributed by atoms with Crippen LogP contribution in [0.3, 0.4) is 0 Å². The summed E-state index contributed by atoms with van der Waals surface area (Å²) in [7, 11) is 0. The van der Waals surface area contributed by atoms with E-state index in [2.05, 4.69) is 0 Å². The van der Waals surface area contributed by atoms with Gasteiger partial charge in [-0.1, -0.05) is 23.2 Å². The summed E-state index contributed by atoms with van der Waals surface area (Å²) in [4.78, 5) is 26.2. The standard InChI is InChI=1S/C12H10Cl2N2O2S/c1-7(17)15-5-4-11(18)16(12(15)19)8-2-3-9(13)10(14)6-8/h2-3,6H,4-5H2,1H3. The zero-order chi connectivity index (χ0) is 14.2. The third kappa shape index (κ3) is 2.73. The molecule has 100 valence electrons. The molecule has 0 spiro atoms. The molecule has 7 heteroatoms. The Morgan fingerprint density at radius 1 is 1.32 bits per heavy atom. The predicted octanol–water partition coefficient (Wildman–Crippen LogP) is 2.86. The summed E-state index contributed by atoms with van der Waals surface area (Å²) in [6, 6.07) is 4.78. The number of benzene rings is 1. The van der Waals surface area contributed by atoms with Crippen LogP contribution in [0.25, 0.3) is 0 Å². The topological polar surface area (TPSA) is 40.6 Å². The second-order valence-electron chi connectivity index (χ2n) is 4.03. The molecule has 2 amide bonds. The minimum absolute atomic E-state index is 0.166. The van der Waals surface area contributed by atoms with Crippen molar-refractivity contribution in [2.45, 2.75) is 13.3 Å². The molecule has 1 aliphatic heterocycles. The summed E-state index contributed by atoms with van der Waals surface area (Å²) in [5.41, 5.74) is 0.510. The van der Waals surface area contributed by atoms with Crippen molar-refractivity contribution >= 4 is 58.0 Å². The molecule has 1 aromatic carbocycles. The van der Waals surface area contributed by atoms with Crippen molar-refractivity contribution in [3.05, 3.63) is 28.2 Å². The van der Waals surface area contributed by atoms with Crippen LogP contribution in [0.4, 0.5) is 5.69 Å². The average Bonchev–Trinajstić information content (AvgIpc) is 2.33. The molecule has 0 aliphatic carbocycles. The molecule has 0 bridgehead atoms. The number of halogens is 2. The highest BCUT2D eigenvalue weighted by atomic mass is 35.5. The van der Waals surface area contributed by atoms with Gasteiger partial charge in [0, 0.05) is 19.9 Å². The van der Waals surface area contributed by atoms with Crippen LogP contribution in [0.2, 0.25) is 10.0 Å². The smallest absolute Gasteiger partial charge is 0.235 e. The maximum absolute atomic E-state index is 12.0. The number of anilines is 1. The molecular formula is C12H10Cl2N2O2S. The number of rotatable bonds is 1. The van der Waals surface area contributed by atoms with E-state index in [1.54, 1.807) is 18.2 Å². The fourth-order valence-electron chi connectivity index (χ4n) is 1.81. The quantitative estimate of drug-likeness (QED) is 0.748. The highest BCUT2D eigenvalue weighted by molar-refractivity contribution is 7.80. The lowest BCUT2D eigenvalue weighted by Gasteiger charge is -2.35. The summed E-state index contributed by atoms with van der Waals surface area (Å²) in [6.07, 6.45) is 0.222. The molecule has 19 heavy (non-hydrogen) atoms. The largest absolute Gasteiger partial charge is 0.288 e. The number of nitrogens with zero attached hydrogens (tertiary/aromatic N) is 2. The van der Waals surface area contributed by atoms with Crippen LogP contribution in [0.5, 0.6) is 0 Å². The second-order valence-corrected chi connectivity index (χ2v) is 5.21. The van der Waals surface area contributed by atoms with E-state index in [0.717, 1.165) is 0 Å². The maximum atomic E-state index is 12.0. The van der Waals surface area contributed by atoms with Gasteiger partial charge in [0.25, 0.3) is 0 Å². The summed E-state index contributed by atoms with van der Waals surface area (Å²) in [5, 5.41) is 0.890. The zero-order valence-electron chi connectivity index (χ0n) is 10.0. The highest BCUT2D eigenvalue weighted by Gasteiger charge is 2.32. The molecule has 0 unspecified atom stereocenters. The van der Waals surface area contributed by atoms with Crippen molar-refractivity contribution in [2.75, 3.05) is 11.4 Å². The van der Waals surface area contributed by atoms with Crippen LogP contribution in [0, 0.1) is 0 Å². The number of carbonyl (C=O) groups is 2. The van der Waals surface area contributed by atoms with Gasteiger partial charge in [0.1, 0.15) is 0 Å². The number of carbonyl (C=O) groups excluding carboxylic acids is 2. The highest BCUT2D eigenvalue weighted by Crippen LogP contribution is 2.29. The van der Waals surface area contributed by atoms with Crippen LogP contribution < -0.4 is 4.90 Å². The fraction of sp³-hybridized carbons (Fsp3) is 0.250. The van der Waals surface area contributed by atoms with Gasteiger partial charge in [-0.25, -0.2) is 0 Å². The van der Waals surface area contributed by atoms with Gasteiger partial charge in [0.2, 0.25) is 11.8 Å². The van der Waals surface area contributed by atoms with Crippen LogP contribution in [-0.4, -0.2) is 28.4 Å². The second kappa shape index (κ2) is 5.45. The summed E-state index contributed by atoms with van der Waals surface area (Å²) < 4.78 is 0. The Kier molecular flexibility index (Phi) is 4.08. The number of hydrogen-bond donors (Lipinski definition) is 0. The Hall–Kier alpha value is -1.17. The molecular weight excluding hydrogens is 307 g/mol. The Labute approximate surface area is 125 Å². The van der Waals surface area contributed by atoms with Crippen molar-refractivity contribution in [2.24, 2.45) is 0 Å². The Bertz CT molecular complexity index is 577. The van der Waals surface area contributed by atoms with E-state index < -0.39 is 0 Å². The Morgan fingerprint density at radius 2 is 2.00 bits per heavy atom. The molecule has 0 saturated carbocycles. The lowest BCUT2D eigenvalue weighted by atomic mass is 10.2. The minimum atomic E-state index is -0.192. The monoisotopic (exact) mass is 316 g/mol. The van der Waals surface area contributed by atoms with E-state index >= 15 is 0 Å². The van der Waals surface area contributed by atoms with E-state index in [0.29, 0.717) is 22.3 Å². The third-order valence-corrected chi connectivity index (χ3v) is 3.90. The van der Waals surface area contributed by atoms with Crippen molar-refractivity contribution in [3.8, 4) is 0 Å². The molecule has 1 aromatic rings. The van der Waals surface area contributed by atoms with Gasteiger partial charge >= 0.3 is 0 Å². The number of hydrogen-bond acceptors (Lipinski definition) is 3. The van der Waals surface area contributed by atoms with Gasteiger partial charge in [-0.2, -0.15) is 0 Å². The van der Waals surface area contributed by atoms with Crippen LogP contribution in [0.1, 0.15) is 13.3 Å². The van der Waals surface area contributed by atoms with Gasteiger partial charge in [-0.15, -0.1) is 0 Å². The predicted molar refractivity (Wildman–Crippen MR) is 78.6 cm³/mol. The van der Waals surface area contributed by atoms with E-state index in [9.17, 15) is 9.59 Å².